The number of carbonyl (C=O) groups is 1. The van der Waals surface area contributed by atoms with Crippen molar-refractivity contribution in [3.8, 4) is 34.1 Å². The van der Waals surface area contributed by atoms with Crippen molar-refractivity contribution in [2.24, 2.45) is 0 Å². The second-order valence-electron chi connectivity index (χ2n) is 13.2. The smallest absolute Gasteiger partial charge is 0.550 e. The van der Waals surface area contributed by atoms with Crippen LogP contribution in [0.15, 0.2) is 54.9 Å². The third-order valence-electron chi connectivity index (χ3n) is 8.61. The van der Waals surface area contributed by atoms with Gasteiger partial charge in [0.15, 0.2) is 17.2 Å². The second kappa shape index (κ2) is 19.1. The van der Waals surface area contributed by atoms with Crippen molar-refractivity contribution >= 4 is 11.9 Å². The Bertz CT molecular complexity index is 1890. The summed E-state index contributed by atoms with van der Waals surface area (Å²) < 4.78 is 106. The van der Waals surface area contributed by atoms with Gasteiger partial charge < -0.3 is 33.7 Å². The van der Waals surface area contributed by atoms with Crippen LogP contribution in [0.4, 0.5) is 32.3 Å². The average molecular weight is 786 g/mol. The Morgan fingerprint density at radius 1 is 0.764 bits per heavy atom. The zero-order valence-corrected chi connectivity index (χ0v) is 33.9. The predicted molar refractivity (Wildman–Crippen MR) is 188 cm³/mol. The topological polar surface area (TPSA) is 106 Å². The van der Waals surface area contributed by atoms with E-state index in [1.54, 1.807) is 19.2 Å². The van der Waals surface area contributed by atoms with Crippen LogP contribution < -0.4 is 58.5 Å². The molecule has 0 bridgehead atoms. The number of carboxylic acids is 1. The fraction of sp³-hybridized carbons (Fsp3) is 0.410. The number of nitrogens with zero attached hydrogens (tertiary/aromatic N) is 3. The quantitative estimate of drug-likeness (QED) is 0.0819. The molecular formula is C39H42F6N3NaO6. The molecule has 0 N–H and O–H groups in total. The molecule has 0 spiro atoms. The van der Waals surface area contributed by atoms with E-state index in [0.29, 0.717) is 46.1 Å². The molecule has 9 nitrogen and oxygen atoms in total. The molecule has 0 fully saturated rings. The maximum Gasteiger partial charge on any atom is 1.00 e. The first kappa shape index (κ1) is 45.2. The number of anilines is 1. The molecule has 0 amide bonds. The normalized spacial score (nSPS) is 11.7. The van der Waals surface area contributed by atoms with Crippen molar-refractivity contribution in [3.63, 3.8) is 0 Å². The zero-order chi connectivity index (χ0) is 40.0. The Hall–Kier alpha value is -4.21. The second-order valence-corrected chi connectivity index (χ2v) is 13.2. The summed E-state index contributed by atoms with van der Waals surface area (Å²) in [6.07, 6.45) is -7.65. The van der Waals surface area contributed by atoms with Crippen LogP contribution in [-0.2, 0) is 30.2 Å². The van der Waals surface area contributed by atoms with Crippen molar-refractivity contribution in [2.45, 2.75) is 77.8 Å². The predicted octanol–water partition coefficient (Wildman–Crippen LogP) is 5.57. The number of carbonyl (C=O) groups excluding carboxylic acids is 1. The first-order chi connectivity index (χ1) is 25.4. The Morgan fingerprint density at radius 3 is 1.84 bits per heavy atom. The Kier molecular flexibility index (Phi) is 15.7. The molecular weight excluding hydrogens is 743 g/mol. The van der Waals surface area contributed by atoms with Crippen molar-refractivity contribution < 1.29 is 84.7 Å². The molecule has 0 aliphatic rings. The molecule has 0 radical (unpaired) electrons. The summed E-state index contributed by atoms with van der Waals surface area (Å²) in [6.45, 7) is 7.55. The molecule has 16 heteroatoms. The number of benzene rings is 3. The van der Waals surface area contributed by atoms with Gasteiger partial charge in [-0.3, -0.25) is 0 Å². The van der Waals surface area contributed by atoms with E-state index in [1.165, 1.54) is 31.5 Å². The van der Waals surface area contributed by atoms with E-state index in [-0.39, 0.29) is 90.7 Å². The molecule has 3 aromatic carbocycles. The van der Waals surface area contributed by atoms with Crippen LogP contribution >= 0.6 is 0 Å². The number of carboxylic acid groups (broad SMARTS) is 1. The van der Waals surface area contributed by atoms with Gasteiger partial charge in [-0.15, -0.1) is 0 Å². The molecule has 4 aromatic rings. The number of ether oxygens (including phenoxy) is 4. The van der Waals surface area contributed by atoms with Gasteiger partial charge in [0.05, 0.1) is 51.5 Å². The van der Waals surface area contributed by atoms with E-state index < -0.39 is 36.0 Å². The van der Waals surface area contributed by atoms with Crippen LogP contribution in [0.2, 0.25) is 0 Å². The summed E-state index contributed by atoms with van der Waals surface area (Å²) in [5.41, 5.74) is 0.540. The molecule has 0 atom stereocenters. The van der Waals surface area contributed by atoms with Crippen LogP contribution in [0.1, 0.15) is 85.8 Å². The number of methoxy groups -OCH3 is 3. The minimum absolute atomic E-state index is 0. The molecule has 4 rings (SSSR count). The summed E-state index contributed by atoms with van der Waals surface area (Å²) in [4.78, 5) is 20.9. The van der Waals surface area contributed by atoms with Crippen molar-refractivity contribution in [1.29, 1.82) is 0 Å². The van der Waals surface area contributed by atoms with Crippen molar-refractivity contribution in [3.05, 3.63) is 88.2 Å². The third kappa shape index (κ3) is 11.7. The van der Waals surface area contributed by atoms with Gasteiger partial charge in [0.2, 0.25) is 5.95 Å². The number of hydrogen-bond acceptors (Lipinski definition) is 9. The average Bonchev–Trinajstić information content (AvgIpc) is 3.11. The third-order valence-corrected chi connectivity index (χ3v) is 8.61. The standard InChI is InChI=1S/C39H43F6N3O6.Na/c1-22(2)25-13-30(23(3)4)36(53-7)32(14-25)31-17-34(52-6)33(51-5)15-26(31)21-48(37-46-18-29(19-47-37)54-10-8-9-35(49)50)20-24-11-27(38(40,41)42)16-28(12-24)39(43,44)45;/h11-19,22-23H,8-10,20-21H2,1-7H3,(H,49,50);/q;+1/p-1. The van der Waals surface area contributed by atoms with Gasteiger partial charge in [-0.1, -0.05) is 33.8 Å². The van der Waals surface area contributed by atoms with Crippen LogP contribution in [0, 0.1) is 0 Å². The van der Waals surface area contributed by atoms with Gasteiger partial charge in [-0.05, 0) is 88.9 Å². The fourth-order valence-corrected chi connectivity index (χ4v) is 5.85. The zero-order valence-electron chi connectivity index (χ0n) is 31.9. The van der Waals surface area contributed by atoms with E-state index in [2.05, 4.69) is 16.0 Å². The molecule has 0 aliphatic heterocycles. The summed E-state index contributed by atoms with van der Waals surface area (Å²) in [7, 11) is 4.46. The molecule has 0 saturated heterocycles. The molecule has 0 saturated carbocycles. The van der Waals surface area contributed by atoms with Crippen LogP contribution in [-0.4, -0.2) is 43.9 Å². The Balaban J connectivity index is 0.00000812. The van der Waals surface area contributed by atoms with Gasteiger partial charge in [0, 0.05) is 24.6 Å². The van der Waals surface area contributed by atoms with E-state index >= 15 is 0 Å². The van der Waals surface area contributed by atoms with E-state index in [1.807, 2.05) is 33.8 Å². The van der Waals surface area contributed by atoms with Gasteiger partial charge in [0.25, 0.3) is 0 Å². The van der Waals surface area contributed by atoms with E-state index in [4.69, 9.17) is 18.9 Å². The number of alkyl halides is 6. The van der Waals surface area contributed by atoms with E-state index in [0.717, 1.165) is 11.1 Å². The summed E-state index contributed by atoms with van der Waals surface area (Å²) in [6, 6.07) is 8.88. The van der Waals surface area contributed by atoms with Gasteiger partial charge in [0.1, 0.15) is 5.75 Å². The van der Waals surface area contributed by atoms with Gasteiger partial charge in [-0.2, -0.15) is 26.3 Å². The van der Waals surface area contributed by atoms with E-state index in [9.17, 15) is 36.2 Å². The monoisotopic (exact) mass is 785 g/mol. The van der Waals surface area contributed by atoms with Crippen LogP contribution in [0.25, 0.3) is 11.1 Å². The van der Waals surface area contributed by atoms with Crippen LogP contribution in [0.5, 0.6) is 23.0 Å². The minimum atomic E-state index is -5.06. The Labute approximate surface area is 338 Å². The SMILES string of the molecule is COc1cc(CN(Cc2cc(C(F)(F)F)cc(C(F)(F)F)c2)c2ncc(OCCCC(=O)[O-])cn2)c(-c2cc(C(C)C)cc(C(C)C)c2OC)cc1OC.[Na+]. The molecule has 0 unspecified atom stereocenters. The number of aliphatic carboxylic acids is 1. The van der Waals surface area contributed by atoms with Gasteiger partial charge >= 0.3 is 41.9 Å². The molecule has 1 heterocycles. The first-order valence-corrected chi connectivity index (χ1v) is 17.0. The van der Waals surface area contributed by atoms with Crippen LogP contribution in [0.3, 0.4) is 0 Å². The summed E-state index contributed by atoms with van der Waals surface area (Å²) >= 11 is 0. The maximum absolute atomic E-state index is 13.9. The molecule has 0 aliphatic carbocycles. The van der Waals surface area contributed by atoms with Gasteiger partial charge in [-0.25, -0.2) is 9.97 Å². The summed E-state index contributed by atoms with van der Waals surface area (Å²) in [5, 5.41) is 10.8. The maximum atomic E-state index is 13.9. The summed E-state index contributed by atoms with van der Waals surface area (Å²) in [5.74, 6) is 0.315. The fourth-order valence-electron chi connectivity index (χ4n) is 5.85. The number of rotatable bonds is 16. The van der Waals surface area contributed by atoms with Crippen molar-refractivity contribution in [1.82, 2.24) is 9.97 Å². The Morgan fingerprint density at radius 2 is 1.35 bits per heavy atom. The first-order valence-electron chi connectivity index (χ1n) is 17.0. The largest absolute Gasteiger partial charge is 1.00 e. The molecule has 55 heavy (non-hydrogen) atoms. The van der Waals surface area contributed by atoms with Crippen molar-refractivity contribution in [2.75, 3.05) is 32.8 Å². The minimum Gasteiger partial charge on any atom is -0.550 e. The molecule has 1 aromatic heterocycles. The number of halogens is 6. The molecule has 292 valence electrons. The number of hydrogen-bond donors (Lipinski definition) is 0. The number of aromatic nitrogens is 2.